The maximum Gasteiger partial charge on any atom is 0.308 e. The third kappa shape index (κ3) is 2.69. The molecule has 1 aliphatic heterocycles. The Morgan fingerprint density at radius 1 is 1.61 bits per heavy atom. The van der Waals surface area contributed by atoms with E-state index in [1.807, 2.05) is 24.8 Å². The average molecular weight is 250 g/mol. The second kappa shape index (κ2) is 5.20. The lowest BCUT2D eigenvalue weighted by Gasteiger charge is -2.18. The number of aryl methyl sites for hydroxylation is 1. The minimum absolute atomic E-state index is 0.289. The molecule has 18 heavy (non-hydrogen) atoms. The predicted molar refractivity (Wildman–Crippen MR) is 68.9 cm³/mol. The van der Waals surface area contributed by atoms with Gasteiger partial charge in [0.25, 0.3) is 0 Å². The highest BCUT2D eigenvalue weighted by Gasteiger charge is 2.29. The van der Waals surface area contributed by atoms with Crippen LogP contribution in [0.4, 0.5) is 11.6 Å². The van der Waals surface area contributed by atoms with Gasteiger partial charge in [-0.1, -0.05) is 0 Å². The maximum atomic E-state index is 10.9. The average Bonchev–Trinajstić information content (AvgIpc) is 2.78. The van der Waals surface area contributed by atoms with Gasteiger partial charge in [-0.15, -0.1) is 0 Å². The first kappa shape index (κ1) is 12.6. The number of anilines is 2. The summed E-state index contributed by atoms with van der Waals surface area (Å²) in [5.41, 5.74) is 0. The number of carbonyl (C=O) groups is 1. The molecule has 0 spiro atoms. The van der Waals surface area contributed by atoms with Gasteiger partial charge < -0.3 is 15.3 Å². The molecular formula is C12H18N4O2. The van der Waals surface area contributed by atoms with Gasteiger partial charge >= 0.3 is 5.97 Å². The molecule has 98 valence electrons. The summed E-state index contributed by atoms with van der Waals surface area (Å²) >= 11 is 0. The van der Waals surface area contributed by atoms with Crippen molar-refractivity contribution in [2.75, 3.05) is 29.9 Å². The molecule has 1 aromatic rings. The van der Waals surface area contributed by atoms with Crippen LogP contribution in [0.15, 0.2) is 6.07 Å². The van der Waals surface area contributed by atoms with Crippen LogP contribution in [-0.2, 0) is 4.79 Å². The number of aliphatic carboxylic acids is 1. The fourth-order valence-corrected chi connectivity index (χ4v) is 2.16. The van der Waals surface area contributed by atoms with E-state index in [1.54, 1.807) is 0 Å². The fraction of sp³-hybridized carbons (Fsp3) is 0.583. The highest BCUT2D eigenvalue weighted by molar-refractivity contribution is 5.72. The maximum absolute atomic E-state index is 10.9. The highest BCUT2D eigenvalue weighted by atomic mass is 16.4. The third-order valence-corrected chi connectivity index (χ3v) is 3.04. The molecule has 1 atom stereocenters. The Kier molecular flexibility index (Phi) is 3.64. The first-order chi connectivity index (χ1) is 8.60. The Morgan fingerprint density at radius 3 is 3.00 bits per heavy atom. The van der Waals surface area contributed by atoms with Crippen LogP contribution in [0.5, 0.6) is 0 Å². The van der Waals surface area contributed by atoms with E-state index in [-0.39, 0.29) is 5.92 Å². The molecule has 1 aliphatic rings. The topological polar surface area (TPSA) is 78.4 Å². The Labute approximate surface area is 106 Å². The number of hydrogen-bond acceptors (Lipinski definition) is 5. The van der Waals surface area contributed by atoms with Crippen LogP contribution < -0.4 is 10.2 Å². The van der Waals surface area contributed by atoms with Crippen molar-refractivity contribution in [1.82, 2.24) is 9.97 Å². The smallest absolute Gasteiger partial charge is 0.308 e. The Bertz CT molecular complexity index is 450. The first-order valence-corrected chi connectivity index (χ1v) is 6.17. The molecule has 6 heteroatoms. The summed E-state index contributed by atoms with van der Waals surface area (Å²) < 4.78 is 0. The van der Waals surface area contributed by atoms with Gasteiger partial charge in [-0.25, -0.2) is 9.97 Å². The molecule has 0 aromatic carbocycles. The number of nitrogens with one attached hydrogen (secondary N) is 1. The van der Waals surface area contributed by atoms with Gasteiger partial charge in [-0.05, 0) is 20.3 Å². The normalized spacial score (nSPS) is 19.0. The lowest BCUT2D eigenvalue weighted by atomic mass is 10.1. The second-order valence-corrected chi connectivity index (χ2v) is 4.46. The first-order valence-electron chi connectivity index (χ1n) is 6.17. The summed E-state index contributed by atoms with van der Waals surface area (Å²) in [5, 5.41) is 12.2. The fourth-order valence-electron chi connectivity index (χ4n) is 2.16. The molecule has 1 unspecified atom stereocenters. The number of carboxylic acids is 1. The minimum atomic E-state index is -0.727. The van der Waals surface area contributed by atoms with Crippen molar-refractivity contribution >= 4 is 17.6 Å². The van der Waals surface area contributed by atoms with E-state index in [0.717, 1.165) is 24.7 Å². The van der Waals surface area contributed by atoms with Crippen molar-refractivity contribution in [2.45, 2.75) is 20.3 Å². The van der Waals surface area contributed by atoms with Crippen LogP contribution in [0, 0.1) is 12.8 Å². The van der Waals surface area contributed by atoms with Crippen LogP contribution in [0.1, 0.15) is 19.2 Å². The van der Waals surface area contributed by atoms with E-state index >= 15 is 0 Å². The zero-order valence-corrected chi connectivity index (χ0v) is 10.7. The van der Waals surface area contributed by atoms with Gasteiger partial charge in [-0.2, -0.15) is 0 Å². The van der Waals surface area contributed by atoms with E-state index in [0.29, 0.717) is 18.8 Å². The zero-order chi connectivity index (χ0) is 13.1. The van der Waals surface area contributed by atoms with Crippen molar-refractivity contribution in [3.8, 4) is 0 Å². The van der Waals surface area contributed by atoms with Crippen molar-refractivity contribution < 1.29 is 9.90 Å². The van der Waals surface area contributed by atoms with Crippen LogP contribution in [0.3, 0.4) is 0 Å². The van der Waals surface area contributed by atoms with Crippen molar-refractivity contribution in [3.05, 3.63) is 11.9 Å². The third-order valence-electron chi connectivity index (χ3n) is 3.04. The standard InChI is InChI=1S/C12H18N4O2/c1-3-13-10-6-11(15-8(2)14-10)16-5-4-9(7-16)12(17)18/h6,9H,3-5,7H2,1-2H3,(H,17,18)(H,13,14,15). The number of nitrogens with zero attached hydrogens (tertiary/aromatic N) is 3. The zero-order valence-electron chi connectivity index (χ0n) is 10.7. The second-order valence-electron chi connectivity index (χ2n) is 4.46. The van der Waals surface area contributed by atoms with Gasteiger partial charge in [0.2, 0.25) is 0 Å². The molecule has 0 aliphatic carbocycles. The predicted octanol–water partition coefficient (Wildman–Crippen LogP) is 1.13. The summed E-state index contributed by atoms with van der Waals surface area (Å²) in [6, 6.07) is 1.88. The lowest BCUT2D eigenvalue weighted by molar-refractivity contribution is -0.140. The van der Waals surface area contributed by atoms with Crippen molar-refractivity contribution in [2.24, 2.45) is 5.92 Å². The van der Waals surface area contributed by atoms with E-state index in [4.69, 9.17) is 5.11 Å². The minimum Gasteiger partial charge on any atom is -0.481 e. The highest BCUT2D eigenvalue weighted by Crippen LogP contribution is 2.24. The van der Waals surface area contributed by atoms with Crippen LogP contribution in [0.25, 0.3) is 0 Å². The largest absolute Gasteiger partial charge is 0.481 e. The van der Waals surface area contributed by atoms with Gasteiger partial charge in [-0.3, -0.25) is 4.79 Å². The van der Waals surface area contributed by atoms with Gasteiger partial charge in [0.1, 0.15) is 17.5 Å². The molecule has 2 N–H and O–H groups in total. The lowest BCUT2D eigenvalue weighted by Crippen LogP contribution is -2.24. The molecule has 0 bridgehead atoms. The number of carboxylic acid groups (broad SMARTS) is 1. The molecule has 0 amide bonds. The molecule has 2 heterocycles. The molecule has 0 saturated carbocycles. The monoisotopic (exact) mass is 250 g/mol. The summed E-state index contributed by atoms with van der Waals surface area (Å²) in [5.74, 6) is 1.28. The van der Waals surface area contributed by atoms with Gasteiger partial charge in [0, 0.05) is 25.7 Å². The molecule has 2 rings (SSSR count). The van der Waals surface area contributed by atoms with E-state index < -0.39 is 5.97 Å². The van der Waals surface area contributed by atoms with Crippen LogP contribution >= 0.6 is 0 Å². The molecule has 1 fully saturated rings. The quantitative estimate of drug-likeness (QED) is 0.834. The van der Waals surface area contributed by atoms with E-state index in [9.17, 15) is 4.79 Å². The van der Waals surface area contributed by atoms with Gasteiger partial charge in [0.05, 0.1) is 5.92 Å². The Hall–Kier alpha value is -1.85. The van der Waals surface area contributed by atoms with E-state index in [2.05, 4.69) is 15.3 Å². The van der Waals surface area contributed by atoms with Gasteiger partial charge in [0.15, 0.2) is 0 Å². The SMILES string of the molecule is CCNc1cc(N2CCC(C(=O)O)C2)nc(C)n1. The Balaban J connectivity index is 2.16. The summed E-state index contributed by atoms with van der Waals surface area (Å²) in [4.78, 5) is 21.6. The molecule has 0 radical (unpaired) electrons. The van der Waals surface area contributed by atoms with Crippen molar-refractivity contribution in [3.63, 3.8) is 0 Å². The van der Waals surface area contributed by atoms with Crippen LogP contribution in [0.2, 0.25) is 0 Å². The summed E-state index contributed by atoms with van der Waals surface area (Å²) in [6.07, 6.45) is 0.676. The number of rotatable bonds is 4. The molecule has 1 saturated heterocycles. The summed E-state index contributed by atoms with van der Waals surface area (Å²) in [6.45, 7) is 5.91. The molecular weight excluding hydrogens is 232 g/mol. The van der Waals surface area contributed by atoms with Crippen molar-refractivity contribution in [1.29, 1.82) is 0 Å². The van der Waals surface area contributed by atoms with E-state index in [1.165, 1.54) is 0 Å². The Morgan fingerprint density at radius 2 is 2.39 bits per heavy atom. The summed E-state index contributed by atoms with van der Waals surface area (Å²) in [7, 11) is 0. The molecule has 6 nitrogen and oxygen atoms in total. The van der Waals surface area contributed by atoms with Crippen LogP contribution in [-0.4, -0.2) is 40.7 Å². The number of hydrogen-bond donors (Lipinski definition) is 2. The number of aromatic nitrogens is 2. The molecule has 1 aromatic heterocycles.